The maximum atomic E-state index is 11.8. The summed E-state index contributed by atoms with van der Waals surface area (Å²) in [5.41, 5.74) is 4.31. The highest BCUT2D eigenvalue weighted by atomic mass is 32.1. The molecule has 0 fully saturated rings. The maximum absolute atomic E-state index is 11.8. The van der Waals surface area contributed by atoms with Crippen LogP contribution in [0.2, 0.25) is 0 Å². The Balaban J connectivity index is 1.70. The van der Waals surface area contributed by atoms with Gasteiger partial charge in [-0.25, -0.2) is 15.2 Å². The second kappa shape index (κ2) is 7.54. The Morgan fingerprint density at radius 3 is 2.72 bits per heavy atom. The van der Waals surface area contributed by atoms with Gasteiger partial charge in [0.2, 0.25) is 5.88 Å². The lowest BCUT2D eigenvalue weighted by Crippen LogP contribution is -2.25. The van der Waals surface area contributed by atoms with Crippen molar-refractivity contribution in [1.29, 1.82) is 0 Å². The lowest BCUT2D eigenvalue weighted by Gasteiger charge is -2.04. The average molecular weight is 353 g/mol. The van der Waals surface area contributed by atoms with Crippen LogP contribution in [0.3, 0.4) is 0 Å². The number of nitrogens with zero attached hydrogens (tertiary/aromatic N) is 3. The molecule has 2 heterocycles. The fourth-order valence-corrected chi connectivity index (χ4v) is 2.92. The first-order chi connectivity index (χ1) is 12.1. The van der Waals surface area contributed by atoms with Gasteiger partial charge in [0.1, 0.15) is 9.88 Å². The van der Waals surface area contributed by atoms with Crippen LogP contribution < -0.4 is 10.7 Å². The van der Waals surface area contributed by atoms with Crippen molar-refractivity contribution < 1.29 is 9.90 Å². The summed E-state index contributed by atoms with van der Waals surface area (Å²) >= 11 is 1.27. The van der Waals surface area contributed by atoms with Crippen LogP contribution in [0.15, 0.2) is 60.0 Å². The van der Waals surface area contributed by atoms with Gasteiger partial charge in [-0.3, -0.25) is 4.98 Å². The third-order valence-electron chi connectivity index (χ3n) is 3.20. The summed E-state index contributed by atoms with van der Waals surface area (Å²) in [5, 5.41) is 17.3. The SMILES string of the molecule is C/C(=N\NC(=O)Nc1ccccc1)c1sc(-c2cccnc2)nc1O. The zero-order valence-electron chi connectivity index (χ0n) is 13.3. The van der Waals surface area contributed by atoms with E-state index < -0.39 is 6.03 Å². The van der Waals surface area contributed by atoms with Crippen LogP contribution in [-0.2, 0) is 0 Å². The van der Waals surface area contributed by atoms with E-state index in [2.05, 4.69) is 25.8 Å². The Bertz CT molecular complexity index is 894. The molecule has 2 aromatic heterocycles. The molecular weight excluding hydrogens is 338 g/mol. The van der Waals surface area contributed by atoms with Crippen LogP contribution in [0.1, 0.15) is 11.8 Å². The van der Waals surface area contributed by atoms with Gasteiger partial charge in [-0.2, -0.15) is 5.10 Å². The van der Waals surface area contributed by atoms with Gasteiger partial charge in [-0.1, -0.05) is 18.2 Å². The topological polar surface area (TPSA) is 99.5 Å². The summed E-state index contributed by atoms with van der Waals surface area (Å²) in [7, 11) is 0. The quantitative estimate of drug-likeness (QED) is 0.494. The van der Waals surface area contributed by atoms with E-state index >= 15 is 0 Å². The molecule has 0 atom stereocenters. The highest BCUT2D eigenvalue weighted by molar-refractivity contribution is 7.17. The molecule has 7 nitrogen and oxygen atoms in total. The number of urea groups is 1. The minimum Gasteiger partial charge on any atom is -0.492 e. The van der Waals surface area contributed by atoms with E-state index in [0.717, 1.165) is 5.56 Å². The normalized spacial score (nSPS) is 11.2. The molecular formula is C17H15N5O2S. The molecule has 0 aliphatic heterocycles. The van der Waals surface area contributed by atoms with E-state index in [0.29, 0.717) is 21.3 Å². The van der Waals surface area contributed by atoms with Gasteiger partial charge in [-0.05, 0) is 31.2 Å². The van der Waals surface area contributed by atoms with E-state index in [1.165, 1.54) is 11.3 Å². The molecule has 0 unspecified atom stereocenters. The van der Waals surface area contributed by atoms with Gasteiger partial charge in [0.05, 0.1) is 5.71 Å². The number of rotatable bonds is 4. The summed E-state index contributed by atoms with van der Waals surface area (Å²) in [4.78, 5) is 20.5. The zero-order valence-corrected chi connectivity index (χ0v) is 14.1. The molecule has 3 N–H and O–H groups in total. The number of carbonyl (C=O) groups excluding carboxylic acids is 1. The molecule has 1 aromatic carbocycles. The molecule has 0 radical (unpaired) electrons. The summed E-state index contributed by atoms with van der Waals surface area (Å²) in [6.07, 6.45) is 3.33. The van der Waals surface area contributed by atoms with Crippen molar-refractivity contribution in [3.05, 3.63) is 59.7 Å². The Labute approximate surface area is 148 Å². The molecule has 126 valence electrons. The predicted octanol–water partition coefficient (Wildman–Crippen LogP) is 3.46. The van der Waals surface area contributed by atoms with Crippen LogP contribution >= 0.6 is 11.3 Å². The van der Waals surface area contributed by atoms with Gasteiger partial charge >= 0.3 is 6.03 Å². The summed E-state index contributed by atoms with van der Waals surface area (Å²) in [6.45, 7) is 1.68. The second-order valence-electron chi connectivity index (χ2n) is 5.04. The number of hydrogen-bond donors (Lipinski definition) is 3. The monoisotopic (exact) mass is 353 g/mol. The van der Waals surface area contributed by atoms with Crippen LogP contribution in [0.25, 0.3) is 10.6 Å². The fraction of sp³-hybridized carbons (Fsp3) is 0.0588. The minimum absolute atomic E-state index is 0.129. The Morgan fingerprint density at radius 2 is 2.00 bits per heavy atom. The number of thiazole rings is 1. The number of aromatic nitrogens is 2. The number of pyridine rings is 1. The Morgan fingerprint density at radius 1 is 1.20 bits per heavy atom. The first-order valence-electron chi connectivity index (χ1n) is 7.40. The third kappa shape index (κ3) is 4.18. The van der Waals surface area contributed by atoms with E-state index in [1.807, 2.05) is 24.3 Å². The highest BCUT2D eigenvalue weighted by Gasteiger charge is 2.14. The number of aromatic hydroxyl groups is 1. The molecule has 2 amide bonds. The van der Waals surface area contributed by atoms with E-state index in [4.69, 9.17) is 0 Å². The molecule has 0 saturated heterocycles. The summed E-state index contributed by atoms with van der Waals surface area (Å²) in [6, 6.07) is 12.2. The van der Waals surface area contributed by atoms with Crippen molar-refractivity contribution in [2.24, 2.45) is 5.10 Å². The number of hydrogen-bond acceptors (Lipinski definition) is 6. The van der Waals surface area contributed by atoms with E-state index in [1.54, 1.807) is 37.5 Å². The van der Waals surface area contributed by atoms with Gasteiger partial charge in [0, 0.05) is 23.6 Å². The number of anilines is 1. The van der Waals surface area contributed by atoms with Crippen LogP contribution in [0, 0.1) is 0 Å². The molecule has 3 rings (SSSR count). The average Bonchev–Trinajstić information content (AvgIpc) is 3.03. The first kappa shape index (κ1) is 16.6. The predicted molar refractivity (Wildman–Crippen MR) is 97.8 cm³/mol. The van der Waals surface area contributed by atoms with Gasteiger partial charge in [0.25, 0.3) is 0 Å². The van der Waals surface area contributed by atoms with E-state index in [9.17, 15) is 9.90 Å². The number of benzene rings is 1. The zero-order chi connectivity index (χ0) is 17.6. The highest BCUT2D eigenvalue weighted by Crippen LogP contribution is 2.31. The fourth-order valence-electron chi connectivity index (χ4n) is 2.03. The maximum Gasteiger partial charge on any atom is 0.339 e. The molecule has 25 heavy (non-hydrogen) atoms. The lowest BCUT2D eigenvalue weighted by atomic mass is 10.3. The number of carbonyl (C=O) groups is 1. The number of hydrazone groups is 1. The van der Waals surface area contributed by atoms with Gasteiger partial charge in [-0.15, -0.1) is 11.3 Å². The number of amides is 2. The van der Waals surface area contributed by atoms with Crippen molar-refractivity contribution in [3.8, 4) is 16.5 Å². The van der Waals surface area contributed by atoms with Crippen LogP contribution in [-0.4, -0.2) is 26.8 Å². The molecule has 8 heteroatoms. The van der Waals surface area contributed by atoms with E-state index in [-0.39, 0.29) is 5.88 Å². The van der Waals surface area contributed by atoms with Gasteiger partial charge < -0.3 is 10.4 Å². The van der Waals surface area contributed by atoms with Gasteiger partial charge in [0.15, 0.2) is 0 Å². The standard InChI is InChI=1S/C17H15N5O2S/c1-11(21-22-17(24)19-13-7-3-2-4-8-13)14-15(23)20-16(25-14)12-6-5-9-18-10-12/h2-10,23H,1H3,(H2,19,22,24)/b21-11+. The minimum atomic E-state index is -0.470. The Kier molecular flexibility index (Phi) is 5.00. The molecule has 0 spiro atoms. The number of nitrogens with one attached hydrogen (secondary N) is 2. The first-order valence-corrected chi connectivity index (χ1v) is 8.22. The molecule has 0 bridgehead atoms. The summed E-state index contributed by atoms with van der Waals surface area (Å²) < 4.78 is 0. The van der Waals surface area contributed by atoms with Crippen molar-refractivity contribution in [2.75, 3.05) is 5.32 Å². The van der Waals surface area contributed by atoms with Crippen LogP contribution in [0.5, 0.6) is 5.88 Å². The van der Waals surface area contributed by atoms with Crippen molar-refractivity contribution in [2.45, 2.75) is 6.92 Å². The lowest BCUT2D eigenvalue weighted by molar-refractivity contribution is 0.252. The van der Waals surface area contributed by atoms with Crippen LogP contribution in [0.4, 0.5) is 10.5 Å². The summed E-state index contributed by atoms with van der Waals surface area (Å²) in [5.74, 6) is -0.129. The molecule has 0 aliphatic carbocycles. The smallest absolute Gasteiger partial charge is 0.339 e. The van der Waals surface area contributed by atoms with Crippen molar-refractivity contribution in [1.82, 2.24) is 15.4 Å². The largest absolute Gasteiger partial charge is 0.492 e. The molecule has 3 aromatic rings. The van der Waals surface area contributed by atoms with Crippen molar-refractivity contribution in [3.63, 3.8) is 0 Å². The van der Waals surface area contributed by atoms with Crippen molar-refractivity contribution >= 4 is 28.8 Å². The third-order valence-corrected chi connectivity index (χ3v) is 4.41. The number of para-hydroxylation sites is 1. The molecule has 0 saturated carbocycles. The molecule has 0 aliphatic rings. The second-order valence-corrected chi connectivity index (χ2v) is 6.04. The Hall–Kier alpha value is -3.26.